The standard InChI is InChI=1S/C10H13NO7S2/c1-19(14,15)7-2-4-8(5-3-7)20(16,17)18-10(13)9(11)6-12/h2-5,9,12H,6,11H2,1H3/t9-/m0/s1. The third-order valence-electron chi connectivity index (χ3n) is 2.23. The van der Waals surface area contributed by atoms with Gasteiger partial charge in [-0.15, -0.1) is 0 Å². The predicted octanol–water partition coefficient (Wildman–Crippen LogP) is -1.36. The van der Waals surface area contributed by atoms with Crippen molar-refractivity contribution in [2.24, 2.45) is 5.73 Å². The predicted molar refractivity (Wildman–Crippen MR) is 67.9 cm³/mol. The zero-order chi connectivity index (χ0) is 15.6. The number of aliphatic hydroxyl groups excluding tert-OH is 1. The smallest absolute Gasteiger partial charge is 0.341 e. The fourth-order valence-electron chi connectivity index (χ4n) is 1.15. The molecule has 0 amide bonds. The fourth-order valence-corrected chi connectivity index (χ4v) is 2.68. The van der Waals surface area contributed by atoms with Crippen LogP contribution in [-0.2, 0) is 28.9 Å². The van der Waals surface area contributed by atoms with E-state index < -0.39 is 43.5 Å². The van der Waals surface area contributed by atoms with Crippen molar-refractivity contribution in [3.63, 3.8) is 0 Å². The van der Waals surface area contributed by atoms with E-state index in [0.717, 1.165) is 30.5 Å². The number of carbonyl (C=O) groups excluding carboxylic acids is 1. The second-order valence-corrected chi connectivity index (χ2v) is 7.45. The first kappa shape index (κ1) is 16.6. The number of benzene rings is 1. The quantitative estimate of drug-likeness (QED) is 0.633. The van der Waals surface area contributed by atoms with Gasteiger partial charge in [0.2, 0.25) is 0 Å². The van der Waals surface area contributed by atoms with E-state index in [0.29, 0.717) is 0 Å². The molecule has 0 spiro atoms. The molecule has 0 fully saturated rings. The third kappa shape index (κ3) is 4.00. The van der Waals surface area contributed by atoms with Crippen molar-refractivity contribution in [2.45, 2.75) is 15.8 Å². The largest absolute Gasteiger partial charge is 0.394 e. The second kappa shape index (κ2) is 5.87. The lowest BCUT2D eigenvalue weighted by Crippen LogP contribution is -2.36. The molecule has 0 unspecified atom stereocenters. The van der Waals surface area contributed by atoms with Crippen LogP contribution in [0.1, 0.15) is 0 Å². The molecule has 3 N–H and O–H groups in total. The molecule has 1 aromatic carbocycles. The molecular formula is C10H13NO7S2. The number of rotatable bonds is 5. The summed E-state index contributed by atoms with van der Waals surface area (Å²) in [5, 5.41) is 8.61. The fraction of sp³-hybridized carbons (Fsp3) is 0.300. The Labute approximate surface area is 116 Å². The van der Waals surface area contributed by atoms with Crippen LogP contribution in [0.15, 0.2) is 34.1 Å². The summed E-state index contributed by atoms with van der Waals surface area (Å²) in [6.07, 6.45) is 0.969. The van der Waals surface area contributed by atoms with Crippen LogP contribution in [0.5, 0.6) is 0 Å². The number of carbonyl (C=O) groups is 1. The maximum atomic E-state index is 11.7. The molecular weight excluding hydrogens is 310 g/mol. The minimum atomic E-state index is -4.41. The first-order chi connectivity index (χ1) is 9.08. The summed E-state index contributed by atoms with van der Waals surface area (Å²) in [4.78, 5) is 10.7. The van der Waals surface area contributed by atoms with Gasteiger partial charge in [0.25, 0.3) is 0 Å². The number of aliphatic hydroxyl groups is 1. The molecule has 0 saturated heterocycles. The number of nitrogens with two attached hydrogens (primary N) is 1. The summed E-state index contributed by atoms with van der Waals surface area (Å²) >= 11 is 0. The number of sulfone groups is 1. The molecule has 0 aliphatic carbocycles. The summed E-state index contributed by atoms with van der Waals surface area (Å²) in [5.41, 5.74) is 5.11. The van der Waals surface area contributed by atoms with Gasteiger partial charge in [0.1, 0.15) is 10.9 Å². The van der Waals surface area contributed by atoms with Crippen molar-refractivity contribution in [1.29, 1.82) is 0 Å². The molecule has 1 aromatic rings. The Balaban J connectivity index is 3.03. The first-order valence-corrected chi connectivity index (χ1v) is 8.53. The van der Waals surface area contributed by atoms with Gasteiger partial charge in [-0.25, -0.2) is 13.2 Å². The van der Waals surface area contributed by atoms with Crippen LogP contribution in [0.3, 0.4) is 0 Å². The van der Waals surface area contributed by atoms with Crippen LogP contribution in [0.4, 0.5) is 0 Å². The van der Waals surface area contributed by atoms with Crippen molar-refractivity contribution in [1.82, 2.24) is 0 Å². The van der Waals surface area contributed by atoms with Gasteiger partial charge >= 0.3 is 16.1 Å². The Kier molecular flexibility index (Phi) is 4.86. The average Bonchev–Trinajstić information content (AvgIpc) is 2.36. The lowest BCUT2D eigenvalue weighted by atomic mass is 10.3. The molecule has 1 atom stereocenters. The van der Waals surface area contributed by atoms with Crippen molar-refractivity contribution < 1.29 is 30.9 Å². The zero-order valence-corrected chi connectivity index (χ0v) is 12.0. The normalized spacial score (nSPS) is 13.8. The monoisotopic (exact) mass is 323 g/mol. The number of hydrogen-bond donors (Lipinski definition) is 2. The van der Waals surface area contributed by atoms with Crippen LogP contribution in [-0.4, -0.2) is 46.8 Å². The van der Waals surface area contributed by atoms with Crippen LogP contribution in [0, 0.1) is 0 Å². The molecule has 112 valence electrons. The highest BCUT2D eigenvalue weighted by Gasteiger charge is 2.24. The van der Waals surface area contributed by atoms with Gasteiger partial charge in [0.15, 0.2) is 9.84 Å². The molecule has 0 heterocycles. The van der Waals surface area contributed by atoms with Gasteiger partial charge in [0.05, 0.1) is 11.5 Å². The molecule has 0 bridgehead atoms. The minimum Gasteiger partial charge on any atom is -0.394 e. The molecule has 0 aliphatic heterocycles. The van der Waals surface area contributed by atoms with E-state index in [9.17, 15) is 21.6 Å². The van der Waals surface area contributed by atoms with Crippen molar-refractivity contribution >= 4 is 25.9 Å². The molecule has 0 radical (unpaired) electrons. The minimum absolute atomic E-state index is 0.0742. The summed E-state index contributed by atoms with van der Waals surface area (Å²) in [6, 6.07) is 2.65. The summed E-state index contributed by atoms with van der Waals surface area (Å²) in [5.74, 6) is -1.31. The third-order valence-corrected chi connectivity index (χ3v) is 4.59. The van der Waals surface area contributed by atoms with Crippen LogP contribution in [0.2, 0.25) is 0 Å². The number of hydrogen-bond acceptors (Lipinski definition) is 8. The zero-order valence-electron chi connectivity index (χ0n) is 10.4. The van der Waals surface area contributed by atoms with Crippen LogP contribution in [0.25, 0.3) is 0 Å². The maximum absolute atomic E-state index is 11.7. The van der Waals surface area contributed by atoms with E-state index in [1.165, 1.54) is 0 Å². The van der Waals surface area contributed by atoms with Crippen molar-refractivity contribution in [2.75, 3.05) is 12.9 Å². The van der Waals surface area contributed by atoms with Gasteiger partial charge in [-0.05, 0) is 24.3 Å². The van der Waals surface area contributed by atoms with Crippen LogP contribution >= 0.6 is 0 Å². The van der Waals surface area contributed by atoms with Gasteiger partial charge in [-0.1, -0.05) is 0 Å². The highest BCUT2D eigenvalue weighted by molar-refractivity contribution is 7.90. The summed E-state index contributed by atoms with van der Waals surface area (Å²) in [7, 11) is -7.87. The van der Waals surface area contributed by atoms with Gasteiger partial charge in [-0.2, -0.15) is 8.42 Å². The van der Waals surface area contributed by atoms with E-state index in [1.54, 1.807) is 0 Å². The lowest BCUT2D eigenvalue weighted by molar-refractivity contribution is -0.136. The van der Waals surface area contributed by atoms with Gasteiger partial charge in [0, 0.05) is 6.26 Å². The Morgan fingerprint density at radius 1 is 1.20 bits per heavy atom. The Bertz CT molecular complexity index is 692. The molecule has 0 aromatic heterocycles. The highest BCUT2D eigenvalue weighted by Crippen LogP contribution is 2.16. The topological polar surface area (TPSA) is 141 Å². The first-order valence-electron chi connectivity index (χ1n) is 5.23. The molecule has 10 heteroatoms. The summed E-state index contributed by atoms with van der Waals surface area (Å²) < 4.78 is 50.0. The Hall–Kier alpha value is -1.49. The average molecular weight is 323 g/mol. The Morgan fingerprint density at radius 2 is 1.65 bits per heavy atom. The van der Waals surface area contributed by atoms with E-state index in [1.807, 2.05) is 0 Å². The highest BCUT2D eigenvalue weighted by atomic mass is 32.2. The van der Waals surface area contributed by atoms with E-state index >= 15 is 0 Å². The molecule has 20 heavy (non-hydrogen) atoms. The van der Waals surface area contributed by atoms with Gasteiger partial charge in [-0.3, -0.25) is 0 Å². The second-order valence-electron chi connectivity index (χ2n) is 3.89. The van der Waals surface area contributed by atoms with E-state index in [-0.39, 0.29) is 4.90 Å². The Morgan fingerprint density at radius 3 is 2.05 bits per heavy atom. The molecule has 0 aliphatic rings. The van der Waals surface area contributed by atoms with E-state index in [4.69, 9.17) is 10.8 Å². The molecule has 8 nitrogen and oxygen atoms in total. The SMILES string of the molecule is CS(=O)(=O)c1ccc(S(=O)(=O)OC(=O)[C@@H](N)CO)cc1. The molecule has 1 rings (SSSR count). The van der Waals surface area contributed by atoms with Crippen molar-refractivity contribution in [3.8, 4) is 0 Å². The summed E-state index contributed by atoms with van der Waals surface area (Å²) in [6.45, 7) is -0.763. The maximum Gasteiger partial charge on any atom is 0.341 e. The lowest BCUT2D eigenvalue weighted by Gasteiger charge is -2.09. The van der Waals surface area contributed by atoms with Crippen LogP contribution < -0.4 is 5.73 Å². The van der Waals surface area contributed by atoms with E-state index in [2.05, 4.69) is 4.18 Å². The van der Waals surface area contributed by atoms with Gasteiger partial charge < -0.3 is 15.0 Å². The van der Waals surface area contributed by atoms with Crippen molar-refractivity contribution in [3.05, 3.63) is 24.3 Å². The molecule has 0 saturated carbocycles.